The molecule has 0 spiro atoms. The van der Waals surface area contributed by atoms with Gasteiger partial charge in [-0.25, -0.2) is 14.3 Å². The number of ether oxygens (including phenoxy) is 3. The fourth-order valence-corrected chi connectivity index (χ4v) is 5.43. The van der Waals surface area contributed by atoms with Crippen molar-refractivity contribution in [3.63, 3.8) is 0 Å². The van der Waals surface area contributed by atoms with E-state index in [1.165, 1.54) is 28.0 Å². The summed E-state index contributed by atoms with van der Waals surface area (Å²) < 4.78 is 44.2. The second-order valence-electron chi connectivity index (χ2n) is 9.21. The lowest BCUT2D eigenvalue weighted by Crippen LogP contribution is -2.28. The minimum absolute atomic E-state index is 0.0571. The number of thiophene rings is 1. The summed E-state index contributed by atoms with van der Waals surface area (Å²) in [5, 5.41) is 18.3. The maximum Gasteiger partial charge on any atom is 0.409 e. The topological polar surface area (TPSA) is 103 Å². The average Bonchev–Trinajstić information content (AvgIpc) is 3.61. The predicted molar refractivity (Wildman–Crippen MR) is 135 cm³/mol. The molecule has 0 saturated carbocycles. The number of hydrogen-bond acceptors (Lipinski definition) is 7. The molecule has 4 heterocycles. The summed E-state index contributed by atoms with van der Waals surface area (Å²) in [5.41, 5.74) is 1.88. The van der Waals surface area contributed by atoms with E-state index in [4.69, 9.17) is 18.3 Å². The first-order valence-corrected chi connectivity index (χ1v) is 12.7. The van der Waals surface area contributed by atoms with E-state index in [1.54, 1.807) is 12.1 Å². The van der Waals surface area contributed by atoms with Crippen molar-refractivity contribution in [3.05, 3.63) is 45.3 Å². The van der Waals surface area contributed by atoms with Crippen LogP contribution in [0.25, 0.3) is 16.9 Å². The van der Waals surface area contributed by atoms with Crippen molar-refractivity contribution in [2.75, 3.05) is 26.8 Å². The molecule has 1 amide bonds. The van der Waals surface area contributed by atoms with Gasteiger partial charge in [-0.05, 0) is 41.8 Å². The Bertz CT molecular complexity index is 1420. The normalized spacial score (nSPS) is 18.1. The number of aromatic nitrogens is 2. The van der Waals surface area contributed by atoms with Gasteiger partial charge in [-0.2, -0.15) is 16.4 Å². The average molecular weight is 515 g/mol. The third kappa shape index (κ3) is 4.09. The number of benzene rings is 1. The molecule has 1 unspecified atom stereocenters. The van der Waals surface area contributed by atoms with Crippen LogP contribution in [0.15, 0.2) is 22.9 Å². The third-order valence-corrected chi connectivity index (χ3v) is 7.07. The number of hydrogen-bond donors (Lipinski definition) is 1. The van der Waals surface area contributed by atoms with Crippen LogP contribution in [0, 0.1) is 12.8 Å². The molecule has 1 saturated heterocycles. The summed E-state index contributed by atoms with van der Waals surface area (Å²) in [6.07, 6.45) is -0.581. The van der Waals surface area contributed by atoms with E-state index in [1.807, 2.05) is 24.6 Å². The van der Waals surface area contributed by atoms with Crippen LogP contribution in [0.4, 0.5) is 4.79 Å². The zero-order valence-corrected chi connectivity index (χ0v) is 21.1. The zero-order chi connectivity index (χ0) is 28.1. The Labute approximate surface area is 217 Å². The van der Waals surface area contributed by atoms with E-state index in [0.717, 1.165) is 0 Å². The molecule has 2 aliphatic rings. The standard InChI is InChI=1S/C26H29N3O6S/c1-14(2)11-17-15(3)21-20(12-19(17)33-4)35-18(5-7-28-8-9-34-26(28)32)22-23(25(30)31)27-29(24(21)22)16-6-10-36-13-16/h6,10,12-14,18H,5,7-9,11H2,1-4H3,(H,30,31)/i3D3. The fraction of sp³-hybridized carbons (Fsp3) is 0.423. The van der Waals surface area contributed by atoms with Gasteiger partial charge in [-0.3, -0.25) is 0 Å². The first-order chi connectivity index (χ1) is 18.5. The monoisotopic (exact) mass is 514 g/mol. The lowest BCUT2D eigenvalue weighted by Gasteiger charge is -2.31. The molecular weight excluding hydrogens is 482 g/mol. The van der Waals surface area contributed by atoms with Crippen LogP contribution in [-0.2, 0) is 11.2 Å². The van der Waals surface area contributed by atoms with Crippen molar-refractivity contribution in [2.45, 2.75) is 39.6 Å². The minimum atomic E-state index is -2.57. The molecule has 9 nitrogen and oxygen atoms in total. The number of carboxylic acid groups (broad SMARTS) is 1. The number of amides is 1. The van der Waals surface area contributed by atoms with Crippen molar-refractivity contribution >= 4 is 23.4 Å². The van der Waals surface area contributed by atoms with Gasteiger partial charge in [0.1, 0.15) is 24.2 Å². The molecule has 5 rings (SSSR count). The summed E-state index contributed by atoms with van der Waals surface area (Å²) in [6, 6.07) is 3.47. The molecule has 0 aliphatic carbocycles. The highest BCUT2D eigenvalue weighted by molar-refractivity contribution is 7.08. The molecular formula is C26H29N3O6S. The Balaban J connectivity index is 1.80. The van der Waals surface area contributed by atoms with Crippen molar-refractivity contribution in [2.24, 2.45) is 5.92 Å². The molecule has 1 atom stereocenters. The first kappa shape index (κ1) is 20.6. The molecule has 190 valence electrons. The Morgan fingerprint density at radius 3 is 2.89 bits per heavy atom. The molecule has 36 heavy (non-hydrogen) atoms. The number of fused-ring (bicyclic) bond motifs is 3. The van der Waals surface area contributed by atoms with Crippen LogP contribution in [0.2, 0.25) is 0 Å². The first-order valence-electron chi connectivity index (χ1n) is 13.2. The molecule has 1 N–H and O–H groups in total. The lowest BCUT2D eigenvalue weighted by atomic mass is 9.87. The number of carbonyl (C=O) groups excluding carboxylic acids is 1. The van der Waals surface area contributed by atoms with Crippen LogP contribution in [0.1, 0.15) is 57.7 Å². The van der Waals surface area contributed by atoms with E-state index >= 15 is 0 Å². The van der Waals surface area contributed by atoms with Gasteiger partial charge in [-0.1, -0.05) is 13.8 Å². The van der Waals surface area contributed by atoms with Gasteiger partial charge < -0.3 is 24.2 Å². The number of carboxylic acids is 1. The maximum absolute atomic E-state index is 12.5. The summed E-state index contributed by atoms with van der Waals surface area (Å²) in [7, 11) is 1.48. The van der Waals surface area contributed by atoms with E-state index in [9.17, 15) is 14.7 Å². The summed E-state index contributed by atoms with van der Waals surface area (Å²) in [5.74, 6) is -0.491. The van der Waals surface area contributed by atoms with Gasteiger partial charge in [0.2, 0.25) is 0 Å². The highest BCUT2D eigenvalue weighted by atomic mass is 32.1. The van der Waals surface area contributed by atoms with Crippen molar-refractivity contribution in [1.29, 1.82) is 0 Å². The molecule has 0 radical (unpaired) electrons. The number of carbonyl (C=O) groups is 2. The SMILES string of the molecule is [2H]C([2H])([2H])c1c(CC(C)C)c(OC)cc2c1-c1c(c(C(=O)O)nn1-c1ccsc1)C(CCN1CCOC1=O)O2. The minimum Gasteiger partial charge on any atom is -0.496 e. The molecule has 3 aromatic rings. The van der Waals surface area contributed by atoms with Crippen LogP contribution in [0.3, 0.4) is 0 Å². The number of aromatic carboxylic acids is 1. The smallest absolute Gasteiger partial charge is 0.409 e. The van der Waals surface area contributed by atoms with Crippen LogP contribution >= 0.6 is 11.3 Å². The van der Waals surface area contributed by atoms with Gasteiger partial charge in [0, 0.05) is 34.1 Å². The van der Waals surface area contributed by atoms with E-state index in [-0.39, 0.29) is 53.6 Å². The highest BCUT2D eigenvalue weighted by Crippen LogP contribution is 2.50. The molecule has 1 fully saturated rings. The maximum atomic E-state index is 12.5. The number of methoxy groups -OCH3 is 1. The van der Waals surface area contributed by atoms with Crippen molar-refractivity contribution in [3.8, 4) is 28.4 Å². The Morgan fingerprint density at radius 2 is 2.28 bits per heavy atom. The predicted octanol–water partition coefficient (Wildman–Crippen LogP) is 5.09. The van der Waals surface area contributed by atoms with Crippen molar-refractivity contribution < 1.29 is 33.0 Å². The Kier molecular flexibility index (Phi) is 5.44. The lowest BCUT2D eigenvalue weighted by molar-refractivity contribution is 0.0682. The molecule has 1 aromatic carbocycles. The van der Waals surface area contributed by atoms with Crippen molar-refractivity contribution in [1.82, 2.24) is 14.7 Å². The Morgan fingerprint density at radius 1 is 1.44 bits per heavy atom. The second-order valence-corrected chi connectivity index (χ2v) is 9.99. The summed E-state index contributed by atoms with van der Waals surface area (Å²) in [6.45, 7) is 2.37. The van der Waals surface area contributed by atoms with Gasteiger partial charge in [0.25, 0.3) is 0 Å². The second kappa shape index (κ2) is 9.50. The number of cyclic esters (lactones) is 1. The summed E-state index contributed by atoms with van der Waals surface area (Å²) in [4.78, 5) is 26.1. The highest BCUT2D eigenvalue weighted by Gasteiger charge is 2.39. The quantitative estimate of drug-likeness (QED) is 0.447. The van der Waals surface area contributed by atoms with E-state index in [0.29, 0.717) is 35.7 Å². The molecule has 0 bridgehead atoms. The van der Waals surface area contributed by atoms with Gasteiger partial charge in [0.15, 0.2) is 5.69 Å². The fourth-order valence-electron chi connectivity index (χ4n) is 4.81. The van der Waals surface area contributed by atoms with E-state index < -0.39 is 25.0 Å². The largest absolute Gasteiger partial charge is 0.496 e. The van der Waals surface area contributed by atoms with Gasteiger partial charge in [0.05, 0.1) is 30.6 Å². The van der Waals surface area contributed by atoms with E-state index in [2.05, 4.69) is 5.10 Å². The van der Waals surface area contributed by atoms with Crippen LogP contribution in [0.5, 0.6) is 11.5 Å². The van der Waals surface area contributed by atoms with Gasteiger partial charge >= 0.3 is 12.1 Å². The van der Waals surface area contributed by atoms with Crippen LogP contribution in [-0.4, -0.2) is 58.7 Å². The number of nitrogens with zero attached hydrogens (tertiary/aromatic N) is 3. The molecule has 2 aliphatic heterocycles. The number of rotatable bonds is 8. The van der Waals surface area contributed by atoms with Gasteiger partial charge in [-0.15, -0.1) is 0 Å². The Hall–Kier alpha value is -3.53. The van der Waals surface area contributed by atoms with Crippen LogP contribution < -0.4 is 9.47 Å². The third-order valence-electron chi connectivity index (χ3n) is 6.40. The molecule has 10 heteroatoms. The zero-order valence-electron chi connectivity index (χ0n) is 23.2. The molecule has 2 aromatic heterocycles. The summed E-state index contributed by atoms with van der Waals surface area (Å²) >= 11 is 1.41.